The number of aromatic nitrogens is 2. The summed E-state index contributed by atoms with van der Waals surface area (Å²) in [4.78, 5) is 10.7. The fourth-order valence-electron chi connectivity index (χ4n) is 2.42. The van der Waals surface area contributed by atoms with Crippen LogP contribution in [0.15, 0.2) is 60.7 Å². The molecular weight excluding hydrogens is 341 g/mol. The van der Waals surface area contributed by atoms with Crippen LogP contribution >= 0.6 is 0 Å². The highest BCUT2D eigenvalue weighted by Gasteiger charge is 2.29. The number of benzene rings is 2. The van der Waals surface area contributed by atoms with Crippen molar-refractivity contribution in [2.75, 3.05) is 17.3 Å². The van der Waals surface area contributed by atoms with Crippen molar-refractivity contribution in [3.8, 4) is 0 Å². The molecule has 1 aromatic heterocycles. The summed E-state index contributed by atoms with van der Waals surface area (Å²) in [6, 6.07) is 16.2. The number of aryl methyl sites for hydroxylation is 1. The molecule has 7 heteroatoms. The van der Waals surface area contributed by atoms with E-state index in [0.717, 1.165) is 23.5 Å². The summed E-state index contributed by atoms with van der Waals surface area (Å²) in [7, 11) is 1.85. The molecule has 0 bridgehead atoms. The molecule has 1 heterocycles. The van der Waals surface area contributed by atoms with Crippen LogP contribution in [-0.4, -0.2) is 17.0 Å². The standard InChI is InChI=1S/C19H17F3N4/c1-13-12-17(24-15-10-8-14(9-11-15)19(20,21)22)25-18(23-13)26(2)16-6-4-3-5-7-16/h3-12H,1-2H3,(H,23,24,25). The second-order valence-corrected chi connectivity index (χ2v) is 5.79. The van der Waals surface area contributed by atoms with Crippen LogP contribution in [0.25, 0.3) is 0 Å². The van der Waals surface area contributed by atoms with Gasteiger partial charge in [0.2, 0.25) is 5.95 Å². The fraction of sp³-hybridized carbons (Fsp3) is 0.158. The van der Waals surface area contributed by atoms with Gasteiger partial charge in [0.1, 0.15) is 5.82 Å². The highest BCUT2D eigenvalue weighted by atomic mass is 19.4. The SMILES string of the molecule is Cc1cc(Nc2ccc(C(F)(F)F)cc2)nc(N(C)c2ccccc2)n1. The summed E-state index contributed by atoms with van der Waals surface area (Å²) in [5.41, 5.74) is 1.50. The molecule has 0 aliphatic rings. The van der Waals surface area contributed by atoms with Crippen LogP contribution in [0.4, 0.5) is 36.3 Å². The average Bonchev–Trinajstić information content (AvgIpc) is 2.61. The monoisotopic (exact) mass is 358 g/mol. The largest absolute Gasteiger partial charge is 0.416 e. The van der Waals surface area contributed by atoms with E-state index in [1.165, 1.54) is 12.1 Å². The van der Waals surface area contributed by atoms with Crippen molar-refractivity contribution in [2.45, 2.75) is 13.1 Å². The lowest BCUT2D eigenvalue weighted by atomic mass is 10.2. The molecule has 26 heavy (non-hydrogen) atoms. The maximum absolute atomic E-state index is 12.7. The predicted octanol–water partition coefficient (Wildman–Crippen LogP) is 5.32. The van der Waals surface area contributed by atoms with Gasteiger partial charge in [-0.15, -0.1) is 0 Å². The van der Waals surface area contributed by atoms with E-state index in [2.05, 4.69) is 15.3 Å². The Bertz CT molecular complexity index is 878. The van der Waals surface area contributed by atoms with Crippen molar-refractivity contribution in [3.63, 3.8) is 0 Å². The molecule has 0 spiro atoms. The lowest BCUT2D eigenvalue weighted by molar-refractivity contribution is -0.137. The molecule has 134 valence electrons. The van der Waals surface area contributed by atoms with Gasteiger partial charge in [0, 0.05) is 30.2 Å². The topological polar surface area (TPSA) is 41.1 Å². The van der Waals surface area contributed by atoms with Gasteiger partial charge in [-0.25, -0.2) is 4.98 Å². The van der Waals surface area contributed by atoms with E-state index < -0.39 is 11.7 Å². The number of halogens is 3. The first-order valence-corrected chi connectivity index (χ1v) is 7.92. The maximum atomic E-state index is 12.7. The third-order valence-electron chi connectivity index (χ3n) is 3.77. The Morgan fingerprint density at radius 1 is 0.923 bits per heavy atom. The third-order valence-corrected chi connectivity index (χ3v) is 3.77. The van der Waals surface area contributed by atoms with Gasteiger partial charge in [0.15, 0.2) is 0 Å². The van der Waals surface area contributed by atoms with Crippen molar-refractivity contribution in [1.29, 1.82) is 0 Å². The van der Waals surface area contributed by atoms with Crippen molar-refractivity contribution in [1.82, 2.24) is 9.97 Å². The van der Waals surface area contributed by atoms with Gasteiger partial charge in [-0.2, -0.15) is 18.2 Å². The normalized spacial score (nSPS) is 11.3. The summed E-state index contributed by atoms with van der Waals surface area (Å²) in [6.07, 6.45) is -4.35. The van der Waals surface area contributed by atoms with Crippen molar-refractivity contribution >= 4 is 23.1 Å². The number of para-hydroxylation sites is 1. The van der Waals surface area contributed by atoms with Crippen LogP contribution in [0.3, 0.4) is 0 Å². The third kappa shape index (κ3) is 4.11. The molecule has 0 aliphatic carbocycles. The smallest absolute Gasteiger partial charge is 0.340 e. The quantitative estimate of drug-likeness (QED) is 0.686. The van der Waals surface area contributed by atoms with Gasteiger partial charge >= 0.3 is 6.18 Å². The van der Waals surface area contributed by atoms with Crippen LogP contribution in [0.1, 0.15) is 11.3 Å². The highest BCUT2D eigenvalue weighted by molar-refractivity contribution is 5.61. The summed E-state index contributed by atoms with van der Waals surface area (Å²) in [5.74, 6) is 1.00. The number of nitrogens with zero attached hydrogens (tertiary/aromatic N) is 3. The summed E-state index contributed by atoms with van der Waals surface area (Å²) in [6.45, 7) is 1.84. The molecule has 3 rings (SSSR count). The van der Waals surface area contributed by atoms with Gasteiger partial charge in [-0.05, 0) is 43.3 Å². The van der Waals surface area contributed by atoms with E-state index >= 15 is 0 Å². The minimum absolute atomic E-state index is 0.491. The first kappa shape index (κ1) is 17.7. The molecule has 0 amide bonds. The van der Waals surface area contributed by atoms with Crippen LogP contribution in [-0.2, 0) is 6.18 Å². The van der Waals surface area contributed by atoms with Crippen molar-refractivity contribution in [2.24, 2.45) is 0 Å². The van der Waals surface area contributed by atoms with Crippen molar-refractivity contribution in [3.05, 3.63) is 71.9 Å². The minimum Gasteiger partial charge on any atom is -0.340 e. The molecule has 2 aromatic carbocycles. The van der Waals surface area contributed by atoms with E-state index in [-0.39, 0.29) is 0 Å². The zero-order valence-corrected chi connectivity index (χ0v) is 14.2. The molecule has 0 aliphatic heterocycles. The zero-order chi connectivity index (χ0) is 18.7. The Hall–Kier alpha value is -3.09. The number of alkyl halides is 3. The Kier molecular flexibility index (Phi) is 4.79. The van der Waals surface area contributed by atoms with Crippen molar-refractivity contribution < 1.29 is 13.2 Å². The van der Waals surface area contributed by atoms with Gasteiger partial charge in [-0.3, -0.25) is 0 Å². The first-order valence-electron chi connectivity index (χ1n) is 7.92. The highest BCUT2D eigenvalue weighted by Crippen LogP contribution is 2.30. The van der Waals surface area contributed by atoms with E-state index in [1.54, 1.807) is 6.07 Å². The van der Waals surface area contributed by atoms with Crippen LogP contribution in [0.2, 0.25) is 0 Å². The lowest BCUT2D eigenvalue weighted by Gasteiger charge is -2.18. The molecule has 4 nitrogen and oxygen atoms in total. The Balaban J connectivity index is 1.84. The number of rotatable bonds is 4. The summed E-state index contributed by atoms with van der Waals surface area (Å²) < 4.78 is 38.0. The van der Waals surface area contributed by atoms with Crippen LogP contribution in [0.5, 0.6) is 0 Å². The molecule has 0 unspecified atom stereocenters. The van der Waals surface area contributed by atoms with Gasteiger partial charge in [0.25, 0.3) is 0 Å². The van der Waals surface area contributed by atoms with E-state index in [9.17, 15) is 13.2 Å². The van der Waals surface area contributed by atoms with E-state index in [0.29, 0.717) is 17.5 Å². The second-order valence-electron chi connectivity index (χ2n) is 5.79. The fourth-order valence-corrected chi connectivity index (χ4v) is 2.42. The predicted molar refractivity (Wildman–Crippen MR) is 96.0 cm³/mol. The first-order chi connectivity index (χ1) is 12.3. The average molecular weight is 358 g/mol. The van der Waals surface area contributed by atoms with E-state index in [4.69, 9.17) is 0 Å². The Labute approximate surface area is 149 Å². The molecule has 3 aromatic rings. The molecule has 0 fully saturated rings. The number of nitrogens with one attached hydrogen (secondary N) is 1. The second kappa shape index (κ2) is 7.03. The summed E-state index contributed by atoms with van der Waals surface area (Å²) in [5, 5.41) is 3.03. The summed E-state index contributed by atoms with van der Waals surface area (Å²) >= 11 is 0. The molecule has 0 atom stereocenters. The van der Waals surface area contributed by atoms with Crippen LogP contribution in [0, 0.1) is 6.92 Å². The molecular formula is C19H17F3N4. The Morgan fingerprint density at radius 3 is 2.19 bits per heavy atom. The maximum Gasteiger partial charge on any atom is 0.416 e. The zero-order valence-electron chi connectivity index (χ0n) is 14.2. The number of hydrogen-bond donors (Lipinski definition) is 1. The number of anilines is 4. The van der Waals surface area contributed by atoms with Gasteiger partial charge < -0.3 is 10.2 Å². The molecule has 0 saturated carbocycles. The molecule has 1 N–H and O–H groups in total. The minimum atomic E-state index is -4.35. The molecule has 0 radical (unpaired) electrons. The van der Waals surface area contributed by atoms with Gasteiger partial charge in [0.05, 0.1) is 5.56 Å². The number of hydrogen-bond acceptors (Lipinski definition) is 4. The van der Waals surface area contributed by atoms with Gasteiger partial charge in [-0.1, -0.05) is 18.2 Å². The van der Waals surface area contributed by atoms with E-state index in [1.807, 2.05) is 49.2 Å². The lowest BCUT2D eigenvalue weighted by Crippen LogP contribution is -2.14. The Morgan fingerprint density at radius 2 is 1.58 bits per heavy atom. The van der Waals surface area contributed by atoms with Crippen LogP contribution < -0.4 is 10.2 Å². The molecule has 0 saturated heterocycles.